The van der Waals surface area contributed by atoms with Crippen LogP contribution in [-0.2, 0) is 30.2 Å². The molecule has 0 fully saturated rings. The van der Waals surface area contributed by atoms with Crippen LogP contribution >= 0.6 is 0 Å². The first-order valence-electron chi connectivity index (χ1n) is 7.98. The number of benzene rings is 1. The van der Waals surface area contributed by atoms with Gasteiger partial charge in [0.2, 0.25) is 0 Å². The number of furan rings is 1. The number of aromatic nitrogens is 2. The number of rotatable bonds is 2. The van der Waals surface area contributed by atoms with Gasteiger partial charge in [0, 0.05) is 43.1 Å². The summed E-state index contributed by atoms with van der Waals surface area (Å²) in [5.74, 6) is 0.689. The van der Waals surface area contributed by atoms with Crippen LogP contribution in [0.2, 0.25) is 0 Å². The topological polar surface area (TPSA) is 93.3 Å². The first-order chi connectivity index (χ1) is 13.0. The summed E-state index contributed by atoms with van der Waals surface area (Å²) in [6, 6.07) is 17.3. The van der Waals surface area contributed by atoms with Gasteiger partial charge in [-0.1, -0.05) is 36.4 Å². The molecular formula is C20H13IrN2O4S-. The summed E-state index contributed by atoms with van der Waals surface area (Å²) in [5.41, 5.74) is 4.27. The predicted molar refractivity (Wildman–Crippen MR) is 101 cm³/mol. The smallest absolute Gasteiger partial charge is 0.312 e. The molecule has 0 saturated carbocycles. The minimum atomic E-state index is -4.11. The Morgan fingerprint density at radius 2 is 1.86 bits per heavy atom. The molecule has 0 unspecified atom stereocenters. The van der Waals surface area contributed by atoms with Gasteiger partial charge in [0.25, 0.3) is 0 Å². The quantitative estimate of drug-likeness (QED) is 0.254. The molecule has 0 saturated heterocycles. The fourth-order valence-electron chi connectivity index (χ4n) is 2.79. The Labute approximate surface area is 175 Å². The summed E-state index contributed by atoms with van der Waals surface area (Å²) in [7, 11) is -4.11. The maximum Gasteiger partial charge on any atom is 0.312 e. The van der Waals surface area contributed by atoms with Gasteiger partial charge in [-0.15, -0.1) is 12.1 Å². The van der Waals surface area contributed by atoms with Crippen LogP contribution in [0.1, 0.15) is 11.1 Å². The molecule has 1 aliphatic carbocycles. The van der Waals surface area contributed by atoms with Crippen molar-refractivity contribution in [1.29, 1.82) is 0 Å². The van der Waals surface area contributed by atoms with E-state index in [9.17, 15) is 8.42 Å². The largest absolute Gasteiger partial charge is 0.545 e. The fraction of sp³-hybridized carbons (Fsp3) is 0. The van der Waals surface area contributed by atoms with E-state index in [0.29, 0.717) is 5.76 Å². The molecule has 1 N–H and O–H groups in total. The fourth-order valence-corrected chi connectivity index (χ4v) is 3.24. The Morgan fingerprint density at radius 1 is 1.04 bits per heavy atom. The molecule has 1 radical (unpaired) electrons. The molecule has 1 aliphatic rings. The monoisotopic (exact) mass is 570 g/mol. The average Bonchev–Trinajstić information content (AvgIpc) is 3.34. The van der Waals surface area contributed by atoms with E-state index >= 15 is 0 Å². The van der Waals surface area contributed by atoms with E-state index in [1.165, 1.54) is 34.8 Å². The first-order valence-corrected chi connectivity index (χ1v) is 9.42. The third kappa shape index (κ3) is 4.10. The first kappa shape index (κ1) is 20.1. The summed E-state index contributed by atoms with van der Waals surface area (Å²) < 4.78 is 34.4. The zero-order chi connectivity index (χ0) is 18.9. The van der Waals surface area contributed by atoms with Gasteiger partial charge in [-0.05, 0) is 35.6 Å². The standard InChI is InChI=1S/C15H8NO.C5H5NO3S.Ir/c1-3-10-6-7-11-9-13(14-5-2-8-17-14)16-12(4-1)15(10)11;7-10(8,9)5-3-1-2-4-6-5;/h1-4,6-9H;1-4H,(H,7,8,9);/q-1;;. The average molecular weight is 570 g/mol. The van der Waals surface area contributed by atoms with Crippen LogP contribution in [-0.4, -0.2) is 22.9 Å². The molecule has 5 rings (SSSR count). The third-order valence-electron chi connectivity index (χ3n) is 3.94. The van der Waals surface area contributed by atoms with E-state index in [0.717, 1.165) is 11.2 Å². The molecule has 6 nitrogen and oxygen atoms in total. The van der Waals surface area contributed by atoms with E-state index in [1.807, 2.05) is 18.2 Å². The van der Waals surface area contributed by atoms with Crippen molar-refractivity contribution < 1.29 is 37.5 Å². The number of nitrogens with zero attached hydrogens (tertiary/aromatic N) is 2. The summed E-state index contributed by atoms with van der Waals surface area (Å²) in [6.45, 7) is 0. The third-order valence-corrected chi connectivity index (χ3v) is 4.71. The van der Waals surface area contributed by atoms with Gasteiger partial charge in [-0.25, -0.2) is 4.98 Å². The Morgan fingerprint density at radius 3 is 2.50 bits per heavy atom. The molecule has 3 heterocycles. The molecular weight excluding hydrogens is 557 g/mol. The second-order valence-corrected chi connectivity index (χ2v) is 7.08. The molecule has 28 heavy (non-hydrogen) atoms. The van der Waals surface area contributed by atoms with Gasteiger partial charge >= 0.3 is 10.1 Å². The second-order valence-electron chi connectivity index (χ2n) is 5.71. The molecule has 143 valence electrons. The van der Waals surface area contributed by atoms with Crippen molar-refractivity contribution in [1.82, 2.24) is 9.97 Å². The summed E-state index contributed by atoms with van der Waals surface area (Å²) in [5, 5.41) is 0.901. The van der Waals surface area contributed by atoms with Gasteiger partial charge in [0.1, 0.15) is 0 Å². The number of pyridine rings is 2. The number of hydrogen-bond acceptors (Lipinski definition) is 5. The molecule has 0 atom stereocenters. The summed E-state index contributed by atoms with van der Waals surface area (Å²) in [4.78, 5) is 8.03. The molecule has 8 heteroatoms. The van der Waals surface area contributed by atoms with Gasteiger partial charge in [0.05, 0.1) is 5.52 Å². The molecule has 0 spiro atoms. The summed E-state index contributed by atoms with van der Waals surface area (Å²) >= 11 is 0. The Kier molecular flexibility index (Phi) is 5.86. The maximum atomic E-state index is 10.3. The Bertz CT molecular complexity index is 1240. The van der Waals surface area contributed by atoms with Crippen LogP contribution in [0.3, 0.4) is 0 Å². The zero-order valence-corrected chi connectivity index (χ0v) is 17.4. The van der Waals surface area contributed by atoms with E-state index in [4.69, 9.17) is 8.97 Å². The van der Waals surface area contributed by atoms with Crippen molar-refractivity contribution in [2.75, 3.05) is 0 Å². The Balaban J connectivity index is 0.000000178. The van der Waals surface area contributed by atoms with Gasteiger partial charge in [-0.3, -0.25) is 4.55 Å². The van der Waals surface area contributed by atoms with Crippen molar-refractivity contribution in [2.45, 2.75) is 5.03 Å². The van der Waals surface area contributed by atoms with Crippen molar-refractivity contribution >= 4 is 33.2 Å². The van der Waals surface area contributed by atoms with Crippen molar-refractivity contribution in [3.05, 3.63) is 78.2 Å². The van der Waals surface area contributed by atoms with Crippen molar-refractivity contribution in [2.24, 2.45) is 0 Å². The van der Waals surface area contributed by atoms with E-state index < -0.39 is 10.1 Å². The normalized spacial score (nSPS) is 11.6. The molecule has 0 amide bonds. The van der Waals surface area contributed by atoms with Gasteiger partial charge in [-0.2, -0.15) is 8.42 Å². The number of hydrogen-bond donors (Lipinski definition) is 1. The van der Waals surface area contributed by atoms with E-state index in [-0.39, 0.29) is 25.1 Å². The molecule has 4 aromatic rings. The SMILES string of the molecule is O=S(=O)(O)c1ccccn1.[Ir].[c-]1ccoc1-c1cc2c3c(cccc3n1)C=C2. The maximum absolute atomic E-state index is 10.3. The van der Waals surface area contributed by atoms with Gasteiger partial charge in [0.15, 0.2) is 5.03 Å². The zero-order valence-electron chi connectivity index (χ0n) is 14.2. The van der Waals surface area contributed by atoms with Crippen LogP contribution in [0.4, 0.5) is 0 Å². The van der Waals surface area contributed by atoms with E-state index in [1.54, 1.807) is 18.4 Å². The van der Waals surface area contributed by atoms with Crippen LogP contribution in [0.25, 0.3) is 34.5 Å². The minimum Gasteiger partial charge on any atom is -0.545 e. The minimum absolute atomic E-state index is 0. The predicted octanol–water partition coefficient (Wildman–Crippen LogP) is 4.10. The van der Waals surface area contributed by atoms with Crippen molar-refractivity contribution in [3.8, 4) is 11.5 Å². The van der Waals surface area contributed by atoms with Crippen LogP contribution in [0, 0.1) is 6.07 Å². The van der Waals surface area contributed by atoms with E-state index in [2.05, 4.69) is 34.3 Å². The van der Waals surface area contributed by atoms with Crippen molar-refractivity contribution in [3.63, 3.8) is 0 Å². The molecule has 1 aromatic carbocycles. The molecule has 0 bridgehead atoms. The second kappa shape index (κ2) is 8.16. The molecule has 0 aliphatic heterocycles. The van der Waals surface area contributed by atoms with Crippen LogP contribution in [0.15, 0.2) is 70.4 Å². The van der Waals surface area contributed by atoms with Gasteiger partial charge < -0.3 is 9.40 Å². The van der Waals surface area contributed by atoms with Crippen LogP contribution < -0.4 is 0 Å². The Hall–Kier alpha value is -2.64. The van der Waals surface area contributed by atoms with Crippen LogP contribution in [0.5, 0.6) is 0 Å². The molecule has 3 aromatic heterocycles. The summed E-state index contributed by atoms with van der Waals surface area (Å²) in [6.07, 6.45) is 7.15.